The quantitative estimate of drug-likeness (QED) is 0.307. The molecule has 1 heterocycles. The molecule has 0 spiro atoms. The van der Waals surface area contributed by atoms with E-state index in [1.807, 2.05) is 0 Å². The fourth-order valence-corrected chi connectivity index (χ4v) is 4.15. The fourth-order valence-electron chi connectivity index (χ4n) is 4.15. The van der Waals surface area contributed by atoms with Gasteiger partial charge in [0.1, 0.15) is 5.75 Å². The van der Waals surface area contributed by atoms with Crippen molar-refractivity contribution < 1.29 is 65.2 Å². The van der Waals surface area contributed by atoms with E-state index >= 15 is 0 Å². The second kappa shape index (κ2) is 14.6. The van der Waals surface area contributed by atoms with Gasteiger partial charge in [0.05, 0.1) is 12.2 Å². The summed E-state index contributed by atoms with van der Waals surface area (Å²) in [5.74, 6) is -0.163. The van der Waals surface area contributed by atoms with Crippen LogP contribution in [0.5, 0.6) is 5.75 Å². The molecule has 1 saturated heterocycles. The Morgan fingerprint density at radius 1 is 1.00 bits per heavy atom. The molecule has 9 heteroatoms. The number of aliphatic hydroxyl groups is 1. The molecule has 2 aromatic carbocycles. The van der Waals surface area contributed by atoms with Crippen molar-refractivity contribution in [2.24, 2.45) is 0 Å². The van der Waals surface area contributed by atoms with E-state index in [0.29, 0.717) is 30.7 Å². The Bertz CT molecular complexity index is 984. The molecule has 38 heavy (non-hydrogen) atoms. The summed E-state index contributed by atoms with van der Waals surface area (Å²) in [5, 5.41) is 7.57. The summed E-state index contributed by atoms with van der Waals surface area (Å²) in [7, 11) is 0. The van der Waals surface area contributed by atoms with Crippen LogP contribution in [0.25, 0.3) is 5.73 Å². The van der Waals surface area contributed by atoms with Crippen LogP contribution < -0.4 is 4.74 Å². The number of hydrogen-bond acceptors (Lipinski definition) is 4. The molecule has 1 radical (unpaired) electrons. The van der Waals surface area contributed by atoms with E-state index in [4.69, 9.17) is 25.1 Å². The van der Waals surface area contributed by atoms with Crippen LogP contribution >= 0.6 is 0 Å². The number of aliphatic hydroxyl groups excluding tert-OH is 1. The minimum Gasteiger partial charge on any atom is -0.668 e. The average molecular weight is 612 g/mol. The number of hydrogen-bond donors (Lipinski definition) is 1. The molecule has 2 N–H and O–H groups in total. The van der Waals surface area contributed by atoms with Crippen molar-refractivity contribution in [3.05, 3.63) is 70.5 Å². The molecule has 4 rings (SSSR count). The van der Waals surface area contributed by atoms with Crippen LogP contribution in [0.2, 0.25) is 0 Å². The first-order chi connectivity index (χ1) is 17.4. The largest absolute Gasteiger partial charge is 0.668 e. The zero-order chi connectivity index (χ0) is 27.1. The second-order valence-electron chi connectivity index (χ2n) is 10.4. The van der Waals surface area contributed by atoms with Crippen molar-refractivity contribution in [1.82, 2.24) is 0 Å². The van der Waals surface area contributed by atoms with Crippen LogP contribution in [0.3, 0.4) is 0 Å². The Hall–Kier alpha value is -1.03. The van der Waals surface area contributed by atoms with E-state index in [2.05, 4.69) is 24.3 Å². The monoisotopic (exact) mass is 611 g/mol. The zero-order valence-corrected chi connectivity index (χ0v) is 25.4. The molecular formula is C29H39F3NO4Y-. The normalized spacial score (nSPS) is 18.1. The maximum absolute atomic E-state index is 13.7. The summed E-state index contributed by atoms with van der Waals surface area (Å²) in [6.07, 6.45) is 0.0918. The van der Waals surface area contributed by atoms with E-state index < -0.39 is 23.1 Å². The van der Waals surface area contributed by atoms with Gasteiger partial charge in [-0.1, -0.05) is 42.3 Å². The van der Waals surface area contributed by atoms with Crippen LogP contribution in [0, 0.1) is 0 Å². The third-order valence-corrected chi connectivity index (χ3v) is 6.53. The van der Waals surface area contributed by atoms with Crippen molar-refractivity contribution in [3.8, 4) is 5.75 Å². The van der Waals surface area contributed by atoms with Crippen LogP contribution in [0.1, 0.15) is 74.6 Å². The number of ether oxygens (including phenoxy) is 3. The number of alkyl halides is 3. The van der Waals surface area contributed by atoms with Crippen molar-refractivity contribution >= 4 is 0 Å². The number of halogens is 3. The van der Waals surface area contributed by atoms with Gasteiger partial charge in [-0.15, -0.1) is 0 Å². The van der Waals surface area contributed by atoms with Crippen LogP contribution in [-0.4, -0.2) is 42.9 Å². The molecule has 0 bridgehead atoms. The predicted molar refractivity (Wildman–Crippen MR) is 138 cm³/mol. The standard InChI is InChI=1S/C27H33F3NO3.C2H6O.Y/c1-25(2)33-17-26(31,18-34-25)14-13-20-7-12-24(23(16-20)27(28,29)30)32-15-3-4-19-5-8-21(9-6-19)22-10-11-22;1-2-3;/h5-9,12,16,22,31H,3-4,10-11,13-15,17-18H2,1-2H3;3H,2H2,1H3;/q-1;;. The van der Waals surface area contributed by atoms with E-state index in [9.17, 15) is 13.2 Å². The SMILES string of the molecule is CC1(C)OCC([NH-])(CCc2ccc(OCCCc3ccc(C4CC4)cc3)c(C(F)(F)F)c2)CO1.CCO.[Y]. The van der Waals surface area contributed by atoms with Gasteiger partial charge in [0.25, 0.3) is 0 Å². The third kappa shape index (κ3) is 10.5. The van der Waals surface area contributed by atoms with Gasteiger partial charge < -0.3 is 25.1 Å². The molecule has 0 unspecified atom stereocenters. The molecule has 1 aliphatic heterocycles. The first-order valence-electron chi connectivity index (χ1n) is 13.0. The summed E-state index contributed by atoms with van der Waals surface area (Å²) in [6.45, 7) is 6.09. The van der Waals surface area contributed by atoms with Crippen molar-refractivity contribution in [1.29, 1.82) is 0 Å². The molecule has 2 aromatic rings. The van der Waals surface area contributed by atoms with E-state index in [0.717, 1.165) is 12.5 Å². The van der Waals surface area contributed by atoms with Crippen molar-refractivity contribution in [2.45, 2.75) is 82.7 Å². The third-order valence-electron chi connectivity index (χ3n) is 6.53. The number of nitrogens with one attached hydrogen (secondary N) is 1. The van der Waals surface area contributed by atoms with Crippen LogP contribution in [0.15, 0.2) is 42.5 Å². The van der Waals surface area contributed by atoms with Gasteiger partial charge in [-0.05, 0) is 87.6 Å². The number of rotatable bonds is 9. The topological polar surface area (TPSA) is 71.7 Å². The Morgan fingerprint density at radius 2 is 1.58 bits per heavy atom. The summed E-state index contributed by atoms with van der Waals surface area (Å²) in [4.78, 5) is 0. The molecule has 0 atom stereocenters. The first-order valence-corrected chi connectivity index (χ1v) is 13.0. The number of aryl methyl sites for hydroxylation is 2. The molecule has 0 amide bonds. The van der Waals surface area contributed by atoms with Crippen molar-refractivity contribution in [2.75, 3.05) is 26.4 Å². The summed E-state index contributed by atoms with van der Waals surface area (Å²) >= 11 is 0. The minimum absolute atomic E-state index is 0. The second-order valence-corrected chi connectivity index (χ2v) is 10.4. The summed E-state index contributed by atoms with van der Waals surface area (Å²) < 4.78 is 57.8. The van der Waals surface area contributed by atoms with E-state index in [1.54, 1.807) is 26.8 Å². The smallest absolute Gasteiger partial charge is 0.419 e. The Labute approximate surface area is 249 Å². The molecule has 1 saturated carbocycles. The van der Waals surface area contributed by atoms with Crippen molar-refractivity contribution in [3.63, 3.8) is 0 Å². The van der Waals surface area contributed by atoms with Crippen LogP contribution in [-0.2, 0) is 61.2 Å². The Balaban J connectivity index is 0.00000121. The van der Waals surface area contributed by atoms with Gasteiger partial charge in [0, 0.05) is 52.5 Å². The predicted octanol–water partition coefficient (Wildman–Crippen LogP) is 7.10. The molecule has 2 aliphatic rings. The minimum atomic E-state index is -4.51. The molecule has 0 aromatic heterocycles. The maximum atomic E-state index is 13.7. The van der Waals surface area contributed by atoms with E-state index in [1.165, 1.54) is 30.0 Å². The molecule has 2 fully saturated rings. The average Bonchev–Trinajstić information content (AvgIpc) is 3.69. The van der Waals surface area contributed by atoms with Gasteiger partial charge in [0.15, 0.2) is 5.79 Å². The first kappa shape index (κ1) is 33.2. The zero-order valence-electron chi connectivity index (χ0n) is 22.6. The molecule has 209 valence electrons. The number of benzene rings is 2. The van der Waals surface area contributed by atoms with Gasteiger partial charge in [0.2, 0.25) is 0 Å². The fraction of sp³-hybridized carbons (Fsp3) is 0.586. The molecule has 5 nitrogen and oxygen atoms in total. The van der Waals surface area contributed by atoms with Gasteiger partial charge in [-0.3, -0.25) is 0 Å². The molecular weight excluding hydrogens is 572 g/mol. The Morgan fingerprint density at radius 3 is 2.13 bits per heavy atom. The van der Waals surface area contributed by atoms with E-state index in [-0.39, 0.29) is 64.9 Å². The summed E-state index contributed by atoms with van der Waals surface area (Å²) in [6, 6.07) is 12.7. The summed E-state index contributed by atoms with van der Waals surface area (Å²) in [5.41, 5.74) is 9.81. The van der Waals surface area contributed by atoms with Gasteiger partial charge in [-0.25, -0.2) is 0 Å². The van der Waals surface area contributed by atoms with Gasteiger partial charge in [-0.2, -0.15) is 13.2 Å². The van der Waals surface area contributed by atoms with Gasteiger partial charge >= 0.3 is 6.18 Å². The molecule has 1 aliphatic carbocycles. The Kier molecular flexibility index (Phi) is 12.7. The maximum Gasteiger partial charge on any atom is 0.419 e. The van der Waals surface area contributed by atoms with Crippen LogP contribution in [0.4, 0.5) is 13.2 Å².